The van der Waals surface area contributed by atoms with Gasteiger partial charge < -0.3 is 9.73 Å². The predicted molar refractivity (Wildman–Crippen MR) is 114 cm³/mol. The third-order valence-electron chi connectivity index (χ3n) is 4.50. The first-order chi connectivity index (χ1) is 13.1. The number of nitrogens with zero attached hydrogens (tertiary/aromatic N) is 2. The van der Waals surface area contributed by atoms with Crippen LogP contribution in [0.2, 0.25) is 10.0 Å². The molecule has 1 fully saturated rings. The summed E-state index contributed by atoms with van der Waals surface area (Å²) in [4.78, 5) is 2.35. The molecule has 144 valence electrons. The molecule has 0 bridgehead atoms. The molecule has 1 aromatic carbocycles. The van der Waals surface area contributed by atoms with Gasteiger partial charge >= 0.3 is 0 Å². The minimum Gasteiger partial charge on any atom is -0.467 e. The van der Waals surface area contributed by atoms with Gasteiger partial charge in [0.05, 0.1) is 12.8 Å². The lowest BCUT2D eigenvalue weighted by Gasteiger charge is -2.33. The summed E-state index contributed by atoms with van der Waals surface area (Å²) in [6.45, 7) is 2.21. The maximum atomic E-state index is 6.33. The van der Waals surface area contributed by atoms with Gasteiger partial charge in [-0.15, -0.1) is 0 Å². The summed E-state index contributed by atoms with van der Waals surface area (Å²) in [5.41, 5.74) is 3.83. The highest BCUT2D eigenvalue weighted by molar-refractivity contribution is 7.80. The van der Waals surface area contributed by atoms with Crippen molar-refractivity contribution < 1.29 is 4.42 Å². The Hall–Kier alpha value is -1.60. The van der Waals surface area contributed by atoms with Crippen LogP contribution in [0.5, 0.6) is 0 Å². The van der Waals surface area contributed by atoms with E-state index < -0.39 is 0 Å². The smallest absolute Gasteiger partial charge is 0.187 e. The van der Waals surface area contributed by atoms with E-state index in [4.69, 9.17) is 39.8 Å². The molecule has 1 saturated heterocycles. The fourth-order valence-corrected chi connectivity index (χ4v) is 3.71. The zero-order chi connectivity index (χ0) is 19.1. The van der Waals surface area contributed by atoms with E-state index in [-0.39, 0.29) is 6.04 Å². The van der Waals surface area contributed by atoms with E-state index in [0.717, 1.165) is 30.7 Å². The first-order valence-corrected chi connectivity index (χ1v) is 10.1. The van der Waals surface area contributed by atoms with Crippen LogP contribution in [0, 0.1) is 0 Å². The van der Waals surface area contributed by atoms with E-state index in [1.165, 1.54) is 6.42 Å². The van der Waals surface area contributed by atoms with Crippen molar-refractivity contribution in [1.82, 2.24) is 15.6 Å². The summed E-state index contributed by atoms with van der Waals surface area (Å²) in [7, 11) is 0. The molecule has 0 aliphatic carbocycles. The van der Waals surface area contributed by atoms with E-state index in [1.54, 1.807) is 6.26 Å². The van der Waals surface area contributed by atoms with Crippen LogP contribution in [0.3, 0.4) is 0 Å². The Bertz CT molecular complexity index is 762. The number of hydrazone groups is 1. The van der Waals surface area contributed by atoms with Crippen LogP contribution in [0.4, 0.5) is 0 Å². The molecule has 0 amide bonds. The van der Waals surface area contributed by atoms with Crippen molar-refractivity contribution in [3.05, 3.63) is 58.0 Å². The van der Waals surface area contributed by atoms with Gasteiger partial charge in [-0.1, -0.05) is 35.7 Å². The minimum absolute atomic E-state index is 0.214. The average molecular weight is 425 g/mol. The molecule has 1 aromatic heterocycles. The molecule has 8 heteroatoms. The maximum Gasteiger partial charge on any atom is 0.187 e. The van der Waals surface area contributed by atoms with Crippen molar-refractivity contribution in [2.24, 2.45) is 5.10 Å². The lowest BCUT2D eigenvalue weighted by atomic mass is 10.0. The van der Waals surface area contributed by atoms with Gasteiger partial charge in [-0.05, 0) is 55.9 Å². The highest BCUT2D eigenvalue weighted by Gasteiger charge is 2.22. The molecular formula is C19H22Cl2N4OS. The molecule has 2 aromatic rings. The predicted octanol–water partition coefficient (Wildman–Crippen LogP) is 4.59. The third kappa shape index (κ3) is 5.94. The van der Waals surface area contributed by atoms with Gasteiger partial charge in [0.15, 0.2) is 5.11 Å². The van der Waals surface area contributed by atoms with E-state index in [0.29, 0.717) is 28.2 Å². The van der Waals surface area contributed by atoms with E-state index >= 15 is 0 Å². The van der Waals surface area contributed by atoms with Crippen molar-refractivity contribution in [2.75, 3.05) is 6.54 Å². The van der Waals surface area contributed by atoms with Crippen LogP contribution in [0.1, 0.15) is 30.6 Å². The largest absolute Gasteiger partial charge is 0.467 e. The zero-order valence-corrected chi connectivity index (χ0v) is 17.2. The van der Waals surface area contributed by atoms with Crippen molar-refractivity contribution in [3.8, 4) is 0 Å². The second-order valence-electron chi connectivity index (χ2n) is 6.39. The zero-order valence-electron chi connectivity index (χ0n) is 14.8. The van der Waals surface area contributed by atoms with Gasteiger partial charge in [-0.3, -0.25) is 10.3 Å². The van der Waals surface area contributed by atoms with Gasteiger partial charge in [0.2, 0.25) is 0 Å². The van der Waals surface area contributed by atoms with Gasteiger partial charge in [-0.25, -0.2) is 0 Å². The molecule has 3 rings (SSSR count). The minimum atomic E-state index is 0.214. The quantitative estimate of drug-likeness (QED) is 0.403. The number of furan rings is 1. The average Bonchev–Trinajstić information content (AvgIpc) is 3.18. The number of rotatable bonds is 6. The summed E-state index contributed by atoms with van der Waals surface area (Å²) >= 11 is 17.9. The number of piperidine rings is 1. The Kier molecular flexibility index (Phi) is 7.52. The Morgan fingerprint density at radius 3 is 2.81 bits per heavy atom. The molecule has 2 heterocycles. The van der Waals surface area contributed by atoms with E-state index in [9.17, 15) is 0 Å². The highest BCUT2D eigenvalue weighted by Crippen LogP contribution is 2.28. The van der Waals surface area contributed by atoms with Crippen LogP contribution in [0.15, 0.2) is 46.1 Å². The molecule has 27 heavy (non-hydrogen) atoms. The SMILES string of the molecule is S=C(NCc1ccco1)N/N=C/C1CCCCN1Cc1c(Cl)cccc1Cl. The van der Waals surface area contributed by atoms with E-state index in [2.05, 4.69) is 20.7 Å². The molecule has 0 radical (unpaired) electrons. The monoisotopic (exact) mass is 424 g/mol. The van der Waals surface area contributed by atoms with Crippen LogP contribution in [-0.2, 0) is 13.1 Å². The normalized spacial score (nSPS) is 17.9. The summed E-state index contributed by atoms with van der Waals surface area (Å²) in [6, 6.07) is 9.56. The molecule has 0 spiro atoms. The van der Waals surface area contributed by atoms with Crippen molar-refractivity contribution in [2.45, 2.75) is 38.4 Å². The lowest BCUT2D eigenvalue weighted by molar-refractivity contribution is 0.187. The van der Waals surface area contributed by atoms with Crippen molar-refractivity contribution >= 4 is 46.7 Å². The number of benzene rings is 1. The van der Waals surface area contributed by atoms with Crippen LogP contribution >= 0.6 is 35.4 Å². The van der Waals surface area contributed by atoms with Crippen LogP contribution < -0.4 is 10.7 Å². The number of hydrogen-bond acceptors (Lipinski definition) is 4. The molecular weight excluding hydrogens is 403 g/mol. The summed E-state index contributed by atoms with van der Waals surface area (Å²) < 4.78 is 5.26. The maximum absolute atomic E-state index is 6.33. The highest BCUT2D eigenvalue weighted by atomic mass is 35.5. The standard InChI is InChI=1S/C19H22Cl2N4OS/c20-17-7-3-8-18(21)16(17)13-25-9-2-1-5-14(25)11-23-24-19(27)22-12-15-6-4-10-26-15/h3-4,6-8,10-11,14H,1-2,5,9,12-13H2,(H2,22,24,27)/b23-11+. The second kappa shape index (κ2) is 10.1. The van der Waals surface area contributed by atoms with Gasteiger partial charge in [-0.2, -0.15) is 5.10 Å². The Labute approximate surface area is 174 Å². The fourth-order valence-electron chi connectivity index (χ4n) is 3.07. The first-order valence-electron chi connectivity index (χ1n) is 8.90. The molecule has 0 saturated carbocycles. The summed E-state index contributed by atoms with van der Waals surface area (Å²) in [6.07, 6.45) is 6.91. The van der Waals surface area contributed by atoms with Crippen LogP contribution in [0.25, 0.3) is 0 Å². The molecule has 1 aliphatic rings. The van der Waals surface area contributed by atoms with Crippen molar-refractivity contribution in [1.29, 1.82) is 0 Å². The first kappa shape index (κ1) is 20.1. The Balaban J connectivity index is 1.53. The third-order valence-corrected chi connectivity index (χ3v) is 5.45. The molecule has 1 unspecified atom stereocenters. The van der Waals surface area contributed by atoms with Gasteiger partial charge in [0.25, 0.3) is 0 Å². The second-order valence-corrected chi connectivity index (χ2v) is 7.61. The van der Waals surface area contributed by atoms with Gasteiger partial charge in [0, 0.05) is 34.4 Å². The van der Waals surface area contributed by atoms with Crippen LogP contribution in [-0.4, -0.2) is 28.8 Å². The number of thiocarbonyl (C=S) groups is 1. The number of halogens is 2. The molecule has 2 N–H and O–H groups in total. The summed E-state index contributed by atoms with van der Waals surface area (Å²) in [5.74, 6) is 0.818. The molecule has 5 nitrogen and oxygen atoms in total. The lowest BCUT2D eigenvalue weighted by Crippen LogP contribution is -2.41. The Morgan fingerprint density at radius 2 is 2.07 bits per heavy atom. The fraction of sp³-hybridized carbons (Fsp3) is 0.368. The Morgan fingerprint density at radius 1 is 1.26 bits per heavy atom. The number of hydrogen-bond donors (Lipinski definition) is 2. The molecule has 1 aliphatic heterocycles. The van der Waals surface area contributed by atoms with Gasteiger partial charge in [0.1, 0.15) is 5.76 Å². The number of likely N-dealkylation sites (tertiary alicyclic amines) is 1. The topological polar surface area (TPSA) is 52.8 Å². The number of nitrogens with one attached hydrogen (secondary N) is 2. The van der Waals surface area contributed by atoms with Crippen molar-refractivity contribution in [3.63, 3.8) is 0 Å². The van der Waals surface area contributed by atoms with E-state index in [1.807, 2.05) is 36.5 Å². The molecule has 1 atom stereocenters. The summed E-state index contributed by atoms with van der Waals surface area (Å²) in [5, 5.41) is 9.22.